The number of allylic oxidation sites excluding steroid dienone is 1. The molecule has 0 radical (unpaired) electrons. The summed E-state index contributed by atoms with van der Waals surface area (Å²) in [7, 11) is 2.87. The number of ether oxygens (including phenoxy) is 3. The van der Waals surface area contributed by atoms with Crippen LogP contribution in [0.1, 0.15) is 43.4 Å². The van der Waals surface area contributed by atoms with E-state index in [9.17, 15) is 9.59 Å². The minimum Gasteiger partial charge on any atom is -0.493 e. The van der Waals surface area contributed by atoms with Crippen molar-refractivity contribution in [2.75, 3.05) is 14.2 Å². The quantitative estimate of drug-likeness (QED) is 0.522. The fourth-order valence-corrected chi connectivity index (χ4v) is 3.72. The SMILES string of the molecule is CCCCC1=C(C(=O)OC)C(c2ccc(OC)c(OCc3ccccc3Cl)c2)NC(=O)N1. The van der Waals surface area contributed by atoms with E-state index in [1.165, 1.54) is 7.11 Å². The lowest BCUT2D eigenvalue weighted by Crippen LogP contribution is -2.45. The Hall–Kier alpha value is -3.19. The molecule has 0 saturated carbocycles. The molecule has 0 spiro atoms. The fraction of sp³-hybridized carbons (Fsp3) is 0.333. The Morgan fingerprint density at radius 1 is 1.12 bits per heavy atom. The van der Waals surface area contributed by atoms with Crippen molar-refractivity contribution in [3.8, 4) is 11.5 Å². The lowest BCUT2D eigenvalue weighted by atomic mass is 9.93. The van der Waals surface area contributed by atoms with E-state index in [1.54, 1.807) is 31.4 Å². The average Bonchev–Trinajstić information content (AvgIpc) is 2.81. The molecule has 2 aromatic carbocycles. The summed E-state index contributed by atoms with van der Waals surface area (Å²) < 4.78 is 16.5. The normalized spacial score (nSPS) is 15.6. The molecule has 32 heavy (non-hydrogen) atoms. The Kier molecular flexibility index (Phi) is 8.00. The van der Waals surface area contributed by atoms with Gasteiger partial charge in [0.25, 0.3) is 0 Å². The van der Waals surface area contributed by atoms with Crippen molar-refractivity contribution in [2.24, 2.45) is 0 Å². The zero-order valence-corrected chi connectivity index (χ0v) is 19.1. The number of nitrogens with one attached hydrogen (secondary N) is 2. The average molecular weight is 459 g/mol. The molecule has 2 N–H and O–H groups in total. The van der Waals surface area contributed by atoms with E-state index >= 15 is 0 Å². The zero-order valence-electron chi connectivity index (χ0n) is 18.4. The standard InChI is InChI=1S/C24H27ClN2O5/c1-4-5-10-18-21(23(28)31-3)22(27-24(29)26-18)15-11-12-19(30-2)20(13-15)32-14-16-8-6-7-9-17(16)25/h6-9,11-13,22H,4-5,10,14H2,1-3H3,(H2,26,27,29). The summed E-state index contributed by atoms with van der Waals surface area (Å²) in [6.07, 6.45) is 2.32. The van der Waals surface area contributed by atoms with E-state index in [4.69, 9.17) is 25.8 Å². The minimum absolute atomic E-state index is 0.236. The van der Waals surface area contributed by atoms with Gasteiger partial charge < -0.3 is 24.8 Å². The molecule has 170 valence electrons. The number of esters is 1. The van der Waals surface area contributed by atoms with Crippen LogP contribution in [-0.4, -0.2) is 26.2 Å². The van der Waals surface area contributed by atoms with Crippen LogP contribution in [0.25, 0.3) is 0 Å². The topological polar surface area (TPSA) is 85.9 Å². The fourth-order valence-electron chi connectivity index (χ4n) is 3.53. The predicted octanol–water partition coefficient (Wildman–Crippen LogP) is 4.90. The van der Waals surface area contributed by atoms with Gasteiger partial charge in [0, 0.05) is 16.3 Å². The molecule has 0 aromatic heterocycles. The second-order valence-electron chi connectivity index (χ2n) is 7.31. The van der Waals surface area contributed by atoms with E-state index < -0.39 is 12.0 Å². The van der Waals surface area contributed by atoms with Gasteiger partial charge in [-0.05, 0) is 36.6 Å². The number of urea groups is 1. The van der Waals surface area contributed by atoms with Crippen LogP contribution in [0.5, 0.6) is 11.5 Å². The molecule has 0 saturated heterocycles. The molecule has 1 aliphatic rings. The van der Waals surface area contributed by atoms with Crippen LogP contribution in [0.2, 0.25) is 5.02 Å². The molecule has 7 nitrogen and oxygen atoms in total. The summed E-state index contributed by atoms with van der Waals surface area (Å²) in [5, 5.41) is 6.19. The first-order valence-corrected chi connectivity index (χ1v) is 10.8. The molecule has 1 aliphatic heterocycles. The lowest BCUT2D eigenvalue weighted by Gasteiger charge is -2.29. The molecule has 8 heteroatoms. The maximum Gasteiger partial charge on any atom is 0.337 e. The van der Waals surface area contributed by atoms with Crippen molar-refractivity contribution < 1.29 is 23.8 Å². The monoisotopic (exact) mass is 458 g/mol. The molecule has 2 aromatic rings. The Morgan fingerprint density at radius 3 is 2.59 bits per heavy atom. The van der Waals surface area contributed by atoms with E-state index in [-0.39, 0.29) is 12.6 Å². The number of carbonyl (C=O) groups excluding carboxylic acids is 2. The van der Waals surface area contributed by atoms with Crippen LogP contribution in [0.4, 0.5) is 4.79 Å². The number of carbonyl (C=O) groups is 2. The van der Waals surface area contributed by atoms with Gasteiger partial charge in [-0.3, -0.25) is 0 Å². The Labute approximate surface area is 192 Å². The van der Waals surface area contributed by atoms with Gasteiger partial charge in [-0.1, -0.05) is 49.2 Å². The molecule has 3 rings (SSSR count). The first-order valence-electron chi connectivity index (χ1n) is 10.4. The van der Waals surface area contributed by atoms with Gasteiger partial charge in [-0.2, -0.15) is 0 Å². The summed E-state index contributed by atoms with van der Waals surface area (Å²) in [6.45, 7) is 2.28. The third-order valence-corrected chi connectivity index (χ3v) is 5.57. The van der Waals surface area contributed by atoms with Crippen LogP contribution < -0.4 is 20.1 Å². The summed E-state index contributed by atoms with van der Waals surface area (Å²) in [5.41, 5.74) is 2.45. The van der Waals surface area contributed by atoms with E-state index in [1.807, 2.05) is 25.1 Å². The summed E-state index contributed by atoms with van der Waals surface area (Å²) in [5.74, 6) is 0.496. The molecule has 0 fully saturated rings. The number of methoxy groups -OCH3 is 2. The number of unbranched alkanes of at least 4 members (excludes halogenated alkanes) is 1. The molecular weight excluding hydrogens is 432 g/mol. The van der Waals surface area contributed by atoms with Crippen molar-refractivity contribution in [3.05, 3.63) is 69.9 Å². The number of hydrogen-bond donors (Lipinski definition) is 2. The highest BCUT2D eigenvalue weighted by atomic mass is 35.5. The Balaban J connectivity index is 1.97. The number of amides is 2. The van der Waals surface area contributed by atoms with Gasteiger partial charge in [-0.15, -0.1) is 0 Å². The second kappa shape index (κ2) is 10.9. The summed E-state index contributed by atoms with van der Waals surface area (Å²) in [6, 6.07) is 11.6. The largest absolute Gasteiger partial charge is 0.493 e. The van der Waals surface area contributed by atoms with Gasteiger partial charge in [0.2, 0.25) is 0 Å². The Bertz CT molecular complexity index is 1020. The van der Waals surface area contributed by atoms with Crippen LogP contribution in [0.15, 0.2) is 53.7 Å². The van der Waals surface area contributed by atoms with E-state index in [0.29, 0.717) is 39.8 Å². The molecular formula is C24H27ClN2O5. The maximum atomic E-state index is 12.6. The molecule has 0 aliphatic carbocycles. The zero-order chi connectivity index (χ0) is 23.1. The highest BCUT2D eigenvalue weighted by Gasteiger charge is 2.33. The van der Waals surface area contributed by atoms with Crippen LogP contribution in [-0.2, 0) is 16.1 Å². The maximum absolute atomic E-state index is 12.6. The molecule has 0 bridgehead atoms. The van der Waals surface area contributed by atoms with Crippen LogP contribution in [0.3, 0.4) is 0 Å². The highest BCUT2D eigenvalue weighted by molar-refractivity contribution is 6.31. The predicted molar refractivity (Wildman–Crippen MR) is 122 cm³/mol. The second-order valence-corrected chi connectivity index (χ2v) is 7.72. The van der Waals surface area contributed by atoms with Crippen molar-refractivity contribution in [2.45, 2.75) is 38.8 Å². The Morgan fingerprint density at radius 2 is 1.91 bits per heavy atom. The summed E-state index contributed by atoms with van der Waals surface area (Å²) >= 11 is 6.24. The molecule has 1 atom stereocenters. The van der Waals surface area contributed by atoms with Gasteiger partial charge in [-0.25, -0.2) is 9.59 Å². The highest BCUT2D eigenvalue weighted by Crippen LogP contribution is 2.36. The summed E-state index contributed by atoms with van der Waals surface area (Å²) in [4.78, 5) is 25.0. The number of hydrogen-bond acceptors (Lipinski definition) is 5. The minimum atomic E-state index is -0.684. The van der Waals surface area contributed by atoms with Gasteiger partial charge in [0.05, 0.1) is 25.8 Å². The third-order valence-electron chi connectivity index (χ3n) is 5.20. The number of rotatable bonds is 9. The first-order chi connectivity index (χ1) is 15.5. The van der Waals surface area contributed by atoms with Crippen molar-refractivity contribution in [1.29, 1.82) is 0 Å². The first kappa shape index (κ1) is 23.5. The van der Waals surface area contributed by atoms with E-state index in [2.05, 4.69) is 10.6 Å². The van der Waals surface area contributed by atoms with Crippen molar-refractivity contribution >= 4 is 23.6 Å². The smallest absolute Gasteiger partial charge is 0.337 e. The van der Waals surface area contributed by atoms with Gasteiger partial charge in [0.15, 0.2) is 11.5 Å². The van der Waals surface area contributed by atoms with Gasteiger partial charge >= 0.3 is 12.0 Å². The van der Waals surface area contributed by atoms with Crippen molar-refractivity contribution in [1.82, 2.24) is 10.6 Å². The van der Waals surface area contributed by atoms with Crippen molar-refractivity contribution in [3.63, 3.8) is 0 Å². The molecule has 1 heterocycles. The molecule has 2 amide bonds. The van der Waals surface area contributed by atoms with E-state index in [0.717, 1.165) is 18.4 Å². The van der Waals surface area contributed by atoms with Crippen LogP contribution >= 0.6 is 11.6 Å². The number of benzene rings is 2. The molecule has 1 unspecified atom stereocenters. The van der Waals surface area contributed by atoms with Crippen LogP contribution in [0, 0.1) is 0 Å². The van der Waals surface area contributed by atoms with Gasteiger partial charge in [0.1, 0.15) is 6.61 Å². The third kappa shape index (κ3) is 5.34. The lowest BCUT2D eigenvalue weighted by molar-refractivity contribution is -0.136. The number of halogens is 1.